The molecule has 2 heterocycles. The quantitative estimate of drug-likeness (QED) is 0.845. The van der Waals surface area contributed by atoms with Gasteiger partial charge >= 0.3 is 0 Å². The van der Waals surface area contributed by atoms with E-state index in [-0.39, 0.29) is 0 Å². The van der Waals surface area contributed by atoms with Crippen LogP contribution in [0.3, 0.4) is 0 Å². The van der Waals surface area contributed by atoms with E-state index in [4.69, 9.17) is 16.3 Å². The lowest BCUT2D eigenvalue weighted by atomic mass is 10.4. The summed E-state index contributed by atoms with van der Waals surface area (Å²) in [4.78, 5) is 12.5. The topological polar surface area (TPSA) is 59.9 Å². The van der Waals surface area contributed by atoms with Gasteiger partial charge in [0.05, 0.1) is 17.7 Å². The Labute approximate surface area is 108 Å². The summed E-state index contributed by atoms with van der Waals surface area (Å²) in [6.07, 6.45) is 0. The molecule has 0 saturated heterocycles. The zero-order valence-electron chi connectivity index (χ0n) is 9.18. The zero-order chi connectivity index (χ0) is 12.1. The van der Waals surface area contributed by atoms with Gasteiger partial charge in [-0.15, -0.1) is 11.3 Å². The molecule has 0 aliphatic carbocycles. The van der Waals surface area contributed by atoms with E-state index in [0.29, 0.717) is 29.9 Å². The maximum absolute atomic E-state index is 5.89. The number of hydrogen-bond acceptors (Lipinski definition) is 6. The monoisotopic (exact) mass is 270 g/mol. The van der Waals surface area contributed by atoms with Gasteiger partial charge in [0.25, 0.3) is 0 Å². The first kappa shape index (κ1) is 12.2. The van der Waals surface area contributed by atoms with Crippen molar-refractivity contribution < 1.29 is 4.74 Å². The van der Waals surface area contributed by atoms with E-state index in [1.54, 1.807) is 30.0 Å². The van der Waals surface area contributed by atoms with Crippen LogP contribution in [0.4, 0.5) is 5.82 Å². The lowest BCUT2D eigenvalue weighted by Crippen LogP contribution is -2.05. The van der Waals surface area contributed by atoms with Crippen LogP contribution in [0, 0.1) is 0 Å². The van der Waals surface area contributed by atoms with E-state index in [0.717, 1.165) is 5.69 Å². The highest BCUT2D eigenvalue weighted by atomic mass is 35.5. The van der Waals surface area contributed by atoms with E-state index in [1.807, 2.05) is 5.38 Å². The Morgan fingerprint density at radius 2 is 2.35 bits per heavy atom. The first-order chi connectivity index (χ1) is 8.28. The van der Waals surface area contributed by atoms with Gasteiger partial charge < -0.3 is 10.1 Å². The van der Waals surface area contributed by atoms with E-state index in [9.17, 15) is 0 Å². The summed E-state index contributed by atoms with van der Waals surface area (Å²) in [6.45, 7) is 0.954. The van der Waals surface area contributed by atoms with Crippen LogP contribution in [0.1, 0.15) is 11.5 Å². The Kier molecular flexibility index (Phi) is 4.24. The molecule has 2 rings (SSSR count). The molecular weight excluding hydrogens is 260 g/mol. The second kappa shape index (κ2) is 5.90. The highest BCUT2D eigenvalue weighted by Gasteiger charge is 2.03. The van der Waals surface area contributed by atoms with Crippen molar-refractivity contribution in [3.8, 4) is 0 Å². The maximum Gasteiger partial charge on any atom is 0.158 e. The first-order valence-electron chi connectivity index (χ1n) is 4.91. The van der Waals surface area contributed by atoms with Crippen LogP contribution in [0.15, 0.2) is 17.0 Å². The normalized spacial score (nSPS) is 10.5. The fourth-order valence-corrected chi connectivity index (χ4v) is 2.01. The summed E-state index contributed by atoms with van der Waals surface area (Å²) < 4.78 is 4.97. The molecule has 0 bridgehead atoms. The number of anilines is 1. The highest BCUT2D eigenvalue weighted by Crippen LogP contribution is 2.13. The van der Waals surface area contributed by atoms with Gasteiger partial charge in [-0.2, -0.15) is 0 Å². The van der Waals surface area contributed by atoms with Crippen molar-refractivity contribution in [2.24, 2.45) is 0 Å². The van der Waals surface area contributed by atoms with Gasteiger partial charge in [0.15, 0.2) is 5.82 Å². The minimum Gasteiger partial charge on any atom is -0.377 e. The van der Waals surface area contributed by atoms with Crippen molar-refractivity contribution in [1.29, 1.82) is 0 Å². The van der Waals surface area contributed by atoms with Crippen molar-refractivity contribution in [3.63, 3.8) is 0 Å². The molecule has 0 spiro atoms. The largest absolute Gasteiger partial charge is 0.377 e. The third-order valence-electron chi connectivity index (χ3n) is 1.95. The summed E-state index contributed by atoms with van der Waals surface area (Å²) in [5.41, 5.74) is 2.76. The van der Waals surface area contributed by atoms with Gasteiger partial charge in [-0.3, -0.25) is 0 Å². The van der Waals surface area contributed by atoms with Crippen molar-refractivity contribution in [2.45, 2.75) is 13.2 Å². The van der Waals surface area contributed by atoms with Crippen LogP contribution < -0.4 is 5.32 Å². The standard InChI is InChI=1S/C10H11ClN4OS/c1-16-4-10-14-8(11)2-9(15-10)12-3-7-5-17-6-13-7/h2,5-6H,3-4H2,1H3,(H,12,14,15). The number of nitrogens with one attached hydrogen (secondary N) is 1. The van der Waals surface area contributed by atoms with Crippen LogP contribution >= 0.6 is 22.9 Å². The molecule has 1 N–H and O–H groups in total. The summed E-state index contributed by atoms with van der Waals surface area (Å²) >= 11 is 7.45. The predicted molar refractivity (Wildman–Crippen MR) is 67.2 cm³/mol. The van der Waals surface area contributed by atoms with Crippen molar-refractivity contribution >= 4 is 28.8 Å². The molecule has 90 valence electrons. The zero-order valence-corrected chi connectivity index (χ0v) is 10.8. The maximum atomic E-state index is 5.89. The molecule has 5 nitrogen and oxygen atoms in total. The Morgan fingerprint density at radius 3 is 3.06 bits per heavy atom. The molecule has 0 amide bonds. The molecule has 0 aliphatic rings. The fraction of sp³-hybridized carbons (Fsp3) is 0.300. The van der Waals surface area contributed by atoms with Crippen molar-refractivity contribution in [1.82, 2.24) is 15.0 Å². The summed E-state index contributed by atoms with van der Waals surface area (Å²) in [6, 6.07) is 1.67. The van der Waals surface area contributed by atoms with E-state index in [2.05, 4.69) is 20.3 Å². The van der Waals surface area contributed by atoms with Gasteiger partial charge in [-0.1, -0.05) is 11.6 Å². The molecule has 7 heteroatoms. The molecule has 2 aromatic rings. The average molecular weight is 271 g/mol. The van der Waals surface area contributed by atoms with Gasteiger partial charge in [0.1, 0.15) is 17.6 Å². The number of methoxy groups -OCH3 is 1. The number of ether oxygens (including phenoxy) is 1. The molecular formula is C10H11ClN4OS. The van der Waals surface area contributed by atoms with Crippen LogP contribution in [0.25, 0.3) is 0 Å². The minimum atomic E-state index is 0.339. The molecule has 0 aliphatic heterocycles. The third-order valence-corrected chi connectivity index (χ3v) is 2.78. The van der Waals surface area contributed by atoms with E-state index >= 15 is 0 Å². The molecule has 0 saturated carbocycles. The number of hydrogen-bond donors (Lipinski definition) is 1. The van der Waals surface area contributed by atoms with Gasteiger partial charge in [-0.25, -0.2) is 15.0 Å². The minimum absolute atomic E-state index is 0.339. The molecule has 0 fully saturated rings. The second-order valence-corrected chi connectivity index (χ2v) is 4.36. The molecule has 0 atom stereocenters. The van der Waals surface area contributed by atoms with Crippen LogP contribution in [-0.2, 0) is 17.9 Å². The predicted octanol–water partition coefficient (Wildman–Crippen LogP) is 2.34. The smallest absolute Gasteiger partial charge is 0.158 e. The SMILES string of the molecule is COCc1nc(Cl)cc(NCc2cscn2)n1. The lowest BCUT2D eigenvalue weighted by Gasteiger charge is -2.06. The molecule has 0 aromatic carbocycles. The molecule has 0 unspecified atom stereocenters. The Hall–Kier alpha value is -1.24. The highest BCUT2D eigenvalue weighted by molar-refractivity contribution is 7.07. The summed E-state index contributed by atoms with van der Waals surface area (Å²) in [5.74, 6) is 1.23. The summed E-state index contributed by atoms with van der Waals surface area (Å²) in [5, 5.41) is 5.51. The van der Waals surface area contributed by atoms with E-state index < -0.39 is 0 Å². The second-order valence-electron chi connectivity index (χ2n) is 3.26. The molecule has 2 aromatic heterocycles. The fourth-order valence-electron chi connectivity index (χ4n) is 1.25. The Balaban J connectivity index is 2.04. The third kappa shape index (κ3) is 3.62. The number of aromatic nitrogens is 3. The van der Waals surface area contributed by atoms with Crippen LogP contribution in [0.2, 0.25) is 5.15 Å². The number of rotatable bonds is 5. The first-order valence-corrected chi connectivity index (χ1v) is 6.23. The summed E-state index contributed by atoms with van der Waals surface area (Å²) in [7, 11) is 1.59. The van der Waals surface area contributed by atoms with Crippen LogP contribution in [-0.4, -0.2) is 22.1 Å². The lowest BCUT2D eigenvalue weighted by molar-refractivity contribution is 0.178. The van der Waals surface area contributed by atoms with Crippen molar-refractivity contribution in [2.75, 3.05) is 12.4 Å². The van der Waals surface area contributed by atoms with Gasteiger partial charge in [-0.05, 0) is 0 Å². The van der Waals surface area contributed by atoms with E-state index in [1.165, 1.54) is 0 Å². The van der Waals surface area contributed by atoms with Gasteiger partial charge in [0, 0.05) is 18.6 Å². The average Bonchev–Trinajstić information content (AvgIpc) is 2.79. The number of thiazole rings is 1. The molecule has 17 heavy (non-hydrogen) atoms. The van der Waals surface area contributed by atoms with Gasteiger partial charge in [0.2, 0.25) is 0 Å². The number of nitrogens with zero attached hydrogens (tertiary/aromatic N) is 3. The Bertz CT molecular complexity index is 477. The van der Waals surface area contributed by atoms with Crippen molar-refractivity contribution in [3.05, 3.63) is 33.6 Å². The molecule has 0 radical (unpaired) electrons. The van der Waals surface area contributed by atoms with Crippen LogP contribution in [0.5, 0.6) is 0 Å². The Morgan fingerprint density at radius 1 is 1.47 bits per heavy atom. The number of halogens is 1.